The molecule has 0 aromatic heterocycles. The molecule has 0 radical (unpaired) electrons. The standard InChI is InChI=1S/C22H36O/c1-7-22(5,6)21-17-10-16(18(21)11(2)3)19-13-8-14(12(4)23)15(9-13)20(17)19/h11,13-21H,7-10H2,1-6H3. The first-order valence-electron chi connectivity index (χ1n) is 10.3. The number of carbonyl (C=O) groups excluding carboxylic acids is 1. The highest BCUT2D eigenvalue weighted by molar-refractivity contribution is 5.79. The smallest absolute Gasteiger partial charge is 0.133 e. The summed E-state index contributed by atoms with van der Waals surface area (Å²) < 4.78 is 0. The molecule has 1 nitrogen and oxygen atoms in total. The summed E-state index contributed by atoms with van der Waals surface area (Å²) in [4.78, 5) is 12.1. The van der Waals surface area contributed by atoms with E-state index in [2.05, 4.69) is 34.6 Å². The largest absolute Gasteiger partial charge is 0.300 e. The lowest BCUT2D eigenvalue weighted by Gasteiger charge is -2.51. The molecule has 4 saturated carbocycles. The number of rotatable bonds is 4. The molecule has 9 unspecified atom stereocenters. The molecule has 9 atom stereocenters. The summed E-state index contributed by atoms with van der Waals surface area (Å²) in [6, 6.07) is 0. The molecule has 4 rings (SSSR count). The van der Waals surface area contributed by atoms with E-state index in [1.807, 2.05) is 6.92 Å². The van der Waals surface area contributed by atoms with Gasteiger partial charge in [0.15, 0.2) is 0 Å². The van der Waals surface area contributed by atoms with Gasteiger partial charge in [0, 0.05) is 5.92 Å². The summed E-state index contributed by atoms with van der Waals surface area (Å²) in [6.07, 6.45) is 5.41. The molecule has 4 aliphatic carbocycles. The normalized spacial score (nSPS) is 50.8. The number of ketones is 1. The average Bonchev–Trinajstić information content (AvgIpc) is 3.21. The maximum atomic E-state index is 12.1. The highest BCUT2D eigenvalue weighted by Crippen LogP contribution is 2.74. The molecule has 1 heteroatoms. The minimum absolute atomic E-state index is 0.420. The van der Waals surface area contributed by atoms with Crippen molar-refractivity contribution in [3.8, 4) is 0 Å². The first-order valence-corrected chi connectivity index (χ1v) is 10.3. The lowest BCUT2D eigenvalue weighted by Crippen LogP contribution is -2.47. The molecule has 130 valence electrons. The zero-order valence-electron chi connectivity index (χ0n) is 16.0. The van der Waals surface area contributed by atoms with E-state index in [-0.39, 0.29) is 0 Å². The van der Waals surface area contributed by atoms with Crippen LogP contribution in [0, 0.1) is 64.6 Å². The number of hydrogen-bond acceptors (Lipinski definition) is 1. The van der Waals surface area contributed by atoms with Crippen LogP contribution < -0.4 is 0 Å². The van der Waals surface area contributed by atoms with Gasteiger partial charge in [-0.2, -0.15) is 0 Å². The van der Waals surface area contributed by atoms with Crippen LogP contribution in [-0.4, -0.2) is 5.78 Å². The van der Waals surface area contributed by atoms with Gasteiger partial charge in [-0.05, 0) is 84.9 Å². The van der Waals surface area contributed by atoms with Gasteiger partial charge in [0.05, 0.1) is 0 Å². The molecule has 0 N–H and O–H groups in total. The Bertz CT molecular complexity index is 504. The lowest BCUT2D eigenvalue weighted by molar-refractivity contribution is -0.125. The summed E-state index contributed by atoms with van der Waals surface area (Å²) in [7, 11) is 0. The van der Waals surface area contributed by atoms with Gasteiger partial charge in [-0.3, -0.25) is 4.79 Å². The fourth-order valence-corrected chi connectivity index (χ4v) is 8.38. The van der Waals surface area contributed by atoms with Crippen molar-refractivity contribution in [2.75, 3.05) is 0 Å². The van der Waals surface area contributed by atoms with Gasteiger partial charge in [0.1, 0.15) is 5.78 Å². The van der Waals surface area contributed by atoms with E-state index in [4.69, 9.17) is 0 Å². The third-order valence-electron chi connectivity index (χ3n) is 9.14. The van der Waals surface area contributed by atoms with Gasteiger partial charge >= 0.3 is 0 Å². The third-order valence-corrected chi connectivity index (χ3v) is 9.14. The van der Waals surface area contributed by atoms with Crippen molar-refractivity contribution < 1.29 is 4.79 Å². The molecule has 0 amide bonds. The van der Waals surface area contributed by atoms with E-state index in [1.165, 1.54) is 25.7 Å². The summed E-state index contributed by atoms with van der Waals surface area (Å²) >= 11 is 0. The number of Topliss-reactive ketones (excluding diaryl/α,β-unsaturated/α-hetero) is 1. The molecule has 4 aliphatic rings. The van der Waals surface area contributed by atoms with Crippen LogP contribution in [0.4, 0.5) is 0 Å². The molecule has 0 aromatic rings. The Hall–Kier alpha value is -0.330. The quantitative estimate of drug-likeness (QED) is 0.631. The summed E-state index contributed by atoms with van der Waals surface area (Å²) in [5, 5.41) is 0. The molecule has 4 fully saturated rings. The maximum Gasteiger partial charge on any atom is 0.133 e. The second kappa shape index (κ2) is 5.09. The van der Waals surface area contributed by atoms with Gasteiger partial charge in [-0.1, -0.05) is 41.0 Å². The van der Waals surface area contributed by atoms with Crippen LogP contribution in [0.2, 0.25) is 0 Å². The molecule has 23 heavy (non-hydrogen) atoms. The highest BCUT2D eigenvalue weighted by atomic mass is 16.1. The number of fused-ring (bicyclic) bond motifs is 9. The van der Waals surface area contributed by atoms with Crippen molar-refractivity contribution in [1.29, 1.82) is 0 Å². The van der Waals surface area contributed by atoms with Gasteiger partial charge in [-0.25, -0.2) is 0 Å². The molecule has 0 saturated heterocycles. The van der Waals surface area contributed by atoms with E-state index in [0.717, 1.165) is 53.3 Å². The lowest BCUT2D eigenvalue weighted by atomic mass is 9.53. The van der Waals surface area contributed by atoms with Gasteiger partial charge in [0.25, 0.3) is 0 Å². The first kappa shape index (κ1) is 16.2. The van der Waals surface area contributed by atoms with E-state index < -0.39 is 0 Å². The Labute approximate surface area is 143 Å². The van der Waals surface area contributed by atoms with E-state index in [1.54, 1.807) is 0 Å². The highest BCUT2D eigenvalue weighted by Gasteiger charge is 2.69. The zero-order valence-corrected chi connectivity index (χ0v) is 16.0. The summed E-state index contributed by atoms with van der Waals surface area (Å²) in [5.41, 5.74) is 0.465. The van der Waals surface area contributed by atoms with Crippen LogP contribution >= 0.6 is 0 Å². The molecule has 0 aromatic carbocycles. The van der Waals surface area contributed by atoms with Crippen LogP contribution in [0.15, 0.2) is 0 Å². The van der Waals surface area contributed by atoms with Crippen molar-refractivity contribution in [3.63, 3.8) is 0 Å². The molecule has 0 aliphatic heterocycles. The molecule has 4 bridgehead atoms. The molecule has 0 spiro atoms. The fraction of sp³-hybridized carbons (Fsp3) is 0.955. The van der Waals surface area contributed by atoms with Crippen LogP contribution in [-0.2, 0) is 4.79 Å². The predicted molar refractivity (Wildman–Crippen MR) is 94.9 cm³/mol. The second-order valence-corrected chi connectivity index (χ2v) is 10.5. The minimum atomic E-state index is 0.420. The zero-order chi connectivity index (χ0) is 16.7. The van der Waals surface area contributed by atoms with Crippen LogP contribution in [0.5, 0.6) is 0 Å². The topological polar surface area (TPSA) is 17.1 Å². The Kier molecular flexibility index (Phi) is 3.57. The van der Waals surface area contributed by atoms with Crippen molar-refractivity contribution in [2.24, 2.45) is 64.6 Å². The Morgan fingerprint density at radius 2 is 1.74 bits per heavy atom. The Balaban J connectivity index is 1.69. The van der Waals surface area contributed by atoms with Gasteiger partial charge in [0.2, 0.25) is 0 Å². The molecular formula is C22H36O. The summed E-state index contributed by atoms with van der Waals surface area (Å²) in [6.45, 7) is 14.3. The Morgan fingerprint density at radius 3 is 2.30 bits per heavy atom. The number of carbonyl (C=O) groups is 1. The second-order valence-electron chi connectivity index (χ2n) is 10.5. The van der Waals surface area contributed by atoms with E-state index >= 15 is 0 Å². The minimum Gasteiger partial charge on any atom is -0.300 e. The van der Waals surface area contributed by atoms with Crippen molar-refractivity contribution in [1.82, 2.24) is 0 Å². The monoisotopic (exact) mass is 316 g/mol. The Morgan fingerprint density at radius 1 is 1.04 bits per heavy atom. The van der Waals surface area contributed by atoms with Gasteiger partial charge in [-0.15, -0.1) is 0 Å². The van der Waals surface area contributed by atoms with Crippen molar-refractivity contribution in [2.45, 2.75) is 67.2 Å². The van der Waals surface area contributed by atoms with E-state index in [9.17, 15) is 4.79 Å². The average molecular weight is 317 g/mol. The van der Waals surface area contributed by atoms with Crippen molar-refractivity contribution >= 4 is 5.78 Å². The number of hydrogen-bond donors (Lipinski definition) is 0. The predicted octanol–water partition coefficient (Wildman–Crippen LogP) is 5.44. The van der Waals surface area contributed by atoms with Crippen LogP contribution in [0.25, 0.3) is 0 Å². The third kappa shape index (κ3) is 2.00. The van der Waals surface area contributed by atoms with E-state index in [0.29, 0.717) is 17.1 Å². The molecule has 0 heterocycles. The first-order chi connectivity index (χ1) is 10.8. The SMILES string of the molecule is CCC(C)(C)C1C2CC(C3C4CC(C(C)=O)C(C4)C23)C1C(C)C. The van der Waals surface area contributed by atoms with Crippen molar-refractivity contribution in [3.05, 3.63) is 0 Å². The molecular weight excluding hydrogens is 280 g/mol. The van der Waals surface area contributed by atoms with Gasteiger partial charge < -0.3 is 0 Å². The van der Waals surface area contributed by atoms with Crippen LogP contribution in [0.1, 0.15) is 67.2 Å². The maximum absolute atomic E-state index is 12.1. The fourth-order valence-electron chi connectivity index (χ4n) is 8.38. The summed E-state index contributed by atoms with van der Waals surface area (Å²) in [5.74, 6) is 8.99. The van der Waals surface area contributed by atoms with Crippen LogP contribution in [0.3, 0.4) is 0 Å².